The molecule has 0 radical (unpaired) electrons. The maximum atomic E-state index is 11.9. The number of amides is 1. The third-order valence-corrected chi connectivity index (χ3v) is 5.82. The molecule has 0 bridgehead atoms. The van der Waals surface area contributed by atoms with Gasteiger partial charge >= 0.3 is 0 Å². The first-order valence-electron chi connectivity index (χ1n) is 6.39. The SMILES string of the molecule is O=C(N[C@@H]1CC[S@](=O)C1)[C@@H]1C[C@H]1C1CCC1. The van der Waals surface area contributed by atoms with Crippen LogP contribution in [0.1, 0.15) is 32.1 Å². The van der Waals surface area contributed by atoms with Crippen molar-refractivity contribution in [3.05, 3.63) is 0 Å². The average molecular weight is 241 g/mol. The van der Waals surface area contributed by atoms with Crippen molar-refractivity contribution in [1.29, 1.82) is 0 Å². The van der Waals surface area contributed by atoms with E-state index in [0.717, 1.165) is 24.5 Å². The Hall–Kier alpha value is -0.380. The Labute approximate surface area is 98.8 Å². The highest BCUT2D eigenvalue weighted by atomic mass is 32.2. The molecule has 90 valence electrons. The molecule has 1 heterocycles. The van der Waals surface area contributed by atoms with E-state index in [1.807, 2.05) is 0 Å². The summed E-state index contributed by atoms with van der Waals surface area (Å²) >= 11 is 0. The Morgan fingerprint density at radius 1 is 1.25 bits per heavy atom. The summed E-state index contributed by atoms with van der Waals surface area (Å²) in [5, 5.41) is 3.07. The van der Waals surface area contributed by atoms with E-state index in [2.05, 4.69) is 5.32 Å². The molecule has 2 saturated carbocycles. The van der Waals surface area contributed by atoms with Gasteiger partial charge in [-0.15, -0.1) is 0 Å². The molecule has 1 saturated heterocycles. The van der Waals surface area contributed by atoms with Gasteiger partial charge in [-0.3, -0.25) is 9.00 Å². The van der Waals surface area contributed by atoms with Crippen LogP contribution in [-0.2, 0) is 15.6 Å². The highest BCUT2D eigenvalue weighted by Crippen LogP contribution is 2.51. The van der Waals surface area contributed by atoms with Gasteiger partial charge in [0.1, 0.15) is 0 Å². The topological polar surface area (TPSA) is 46.2 Å². The molecule has 0 unspecified atom stereocenters. The van der Waals surface area contributed by atoms with Crippen molar-refractivity contribution in [3.8, 4) is 0 Å². The zero-order valence-corrected chi connectivity index (χ0v) is 10.3. The fraction of sp³-hybridized carbons (Fsp3) is 0.917. The highest BCUT2D eigenvalue weighted by molar-refractivity contribution is 7.85. The first-order valence-corrected chi connectivity index (χ1v) is 7.88. The molecular formula is C12H19NO2S. The van der Waals surface area contributed by atoms with Crippen molar-refractivity contribution in [3.63, 3.8) is 0 Å². The van der Waals surface area contributed by atoms with E-state index in [4.69, 9.17) is 0 Å². The molecule has 1 N–H and O–H groups in total. The second kappa shape index (κ2) is 4.13. The lowest BCUT2D eigenvalue weighted by molar-refractivity contribution is -0.123. The first-order chi connectivity index (χ1) is 7.74. The van der Waals surface area contributed by atoms with Crippen LogP contribution in [0.25, 0.3) is 0 Å². The Bertz CT molecular complexity index is 327. The smallest absolute Gasteiger partial charge is 0.223 e. The van der Waals surface area contributed by atoms with E-state index < -0.39 is 10.8 Å². The van der Waals surface area contributed by atoms with Crippen molar-refractivity contribution in [2.24, 2.45) is 17.8 Å². The van der Waals surface area contributed by atoms with Crippen molar-refractivity contribution in [2.75, 3.05) is 11.5 Å². The molecule has 3 fully saturated rings. The minimum atomic E-state index is -0.685. The van der Waals surface area contributed by atoms with Gasteiger partial charge in [-0.2, -0.15) is 0 Å². The number of nitrogens with one attached hydrogen (secondary N) is 1. The summed E-state index contributed by atoms with van der Waals surface area (Å²) in [6.07, 6.45) is 6.03. The van der Waals surface area contributed by atoms with E-state index in [0.29, 0.717) is 17.6 Å². The molecule has 1 amide bonds. The van der Waals surface area contributed by atoms with E-state index in [9.17, 15) is 9.00 Å². The van der Waals surface area contributed by atoms with Crippen LogP contribution in [0.3, 0.4) is 0 Å². The monoisotopic (exact) mass is 241 g/mol. The van der Waals surface area contributed by atoms with Crippen LogP contribution in [0.4, 0.5) is 0 Å². The van der Waals surface area contributed by atoms with Crippen molar-refractivity contribution in [1.82, 2.24) is 5.32 Å². The Morgan fingerprint density at radius 2 is 2.06 bits per heavy atom. The maximum absolute atomic E-state index is 11.9. The normalized spacial score (nSPS) is 42.8. The predicted octanol–water partition coefficient (Wildman–Crippen LogP) is 1.06. The summed E-state index contributed by atoms with van der Waals surface area (Å²) in [7, 11) is -0.685. The quantitative estimate of drug-likeness (QED) is 0.803. The minimum Gasteiger partial charge on any atom is -0.352 e. The minimum absolute atomic E-state index is 0.191. The van der Waals surface area contributed by atoms with E-state index in [-0.39, 0.29) is 11.9 Å². The van der Waals surface area contributed by atoms with Gasteiger partial charge in [0.15, 0.2) is 0 Å². The van der Waals surface area contributed by atoms with Crippen LogP contribution >= 0.6 is 0 Å². The van der Waals surface area contributed by atoms with Gasteiger partial charge in [0.2, 0.25) is 5.91 Å². The lowest BCUT2D eigenvalue weighted by atomic mass is 9.81. The molecule has 1 aliphatic heterocycles. The van der Waals surface area contributed by atoms with Crippen molar-refractivity contribution in [2.45, 2.75) is 38.1 Å². The predicted molar refractivity (Wildman–Crippen MR) is 63.4 cm³/mol. The van der Waals surface area contributed by atoms with Crippen LogP contribution in [0.2, 0.25) is 0 Å². The second-order valence-corrected chi connectivity index (χ2v) is 7.12. The zero-order chi connectivity index (χ0) is 11.1. The van der Waals surface area contributed by atoms with Gasteiger partial charge in [0.25, 0.3) is 0 Å². The second-order valence-electron chi connectivity index (χ2n) is 5.50. The first kappa shape index (κ1) is 10.8. The fourth-order valence-corrected chi connectivity index (χ4v) is 4.40. The van der Waals surface area contributed by atoms with Gasteiger partial charge in [0, 0.05) is 34.3 Å². The molecule has 0 aromatic rings. The number of rotatable bonds is 3. The largest absolute Gasteiger partial charge is 0.352 e. The number of carbonyl (C=O) groups is 1. The molecule has 3 aliphatic rings. The summed E-state index contributed by atoms with van der Waals surface area (Å²) in [6, 6.07) is 0.191. The third kappa shape index (κ3) is 2.04. The maximum Gasteiger partial charge on any atom is 0.223 e. The summed E-state index contributed by atoms with van der Waals surface area (Å²) in [5.41, 5.74) is 0. The standard InChI is InChI=1S/C12H19NO2S/c14-12(13-9-4-5-16(15)7-9)11-6-10(11)8-2-1-3-8/h8-11H,1-7H2,(H,13,14)/t9-,10+,11-,16+/m1/s1. The fourth-order valence-electron chi connectivity index (χ4n) is 2.99. The summed E-state index contributed by atoms with van der Waals surface area (Å²) in [5.74, 6) is 3.49. The molecule has 0 spiro atoms. The Morgan fingerprint density at radius 3 is 2.62 bits per heavy atom. The number of carbonyl (C=O) groups excluding carboxylic acids is 1. The molecule has 3 nitrogen and oxygen atoms in total. The average Bonchev–Trinajstić information content (AvgIpc) is 2.82. The van der Waals surface area contributed by atoms with Gasteiger partial charge in [0.05, 0.1) is 0 Å². The molecule has 4 atom stereocenters. The van der Waals surface area contributed by atoms with Crippen LogP contribution < -0.4 is 5.32 Å². The zero-order valence-electron chi connectivity index (χ0n) is 9.48. The molecule has 3 rings (SSSR count). The molecule has 0 aromatic carbocycles. The van der Waals surface area contributed by atoms with Crippen LogP contribution in [0.5, 0.6) is 0 Å². The lowest BCUT2D eigenvalue weighted by Gasteiger charge is -2.25. The summed E-state index contributed by atoms with van der Waals surface area (Å²) in [6.45, 7) is 0. The van der Waals surface area contributed by atoms with E-state index >= 15 is 0 Å². The molecule has 2 aliphatic carbocycles. The van der Waals surface area contributed by atoms with Gasteiger partial charge in [-0.25, -0.2) is 0 Å². The summed E-state index contributed by atoms with van der Waals surface area (Å²) in [4.78, 5) is 11.9. The van der Waals surface area contributed by atoms with Crippen molar-refractivity contribution < 1.29 is 9.00 Å². The highest BCUT2D eigenvalue weighted by Gasteiger charge is 2.49. The summed E-state index contributed by atoms with van der Waals surface area (Å²) < 4.78 is 11.2. The third-order valence-electron chi connectivity index (χ3n) is 4.36. The lowest BCUT2D eigenvalue weighted by Crippen LogP contribution is -2.37. The van der Waals surface area contributed by atoms with Crippen LogP contribution in [-0.4, -0.2) is 27.7 Å². The molecule has 4 heteroatoms. The van der Waals surface area contributed by atoms with Gasteiger partial charge in [-0.05, 0) is 24.7 Å². The van der Waals surface area contributed by atoms with Gasteiger partial charge < -0.3 is 5.32 Å². The van der Waals surface area contributed by atoms with Crippen molar-refractivity contribution >= 4 is 16.7 Å². The number of hydrogen-bond acceptors (Lipinski definition) is 2. The number of hydrogen-bond donors (Lipinski definition) is 1. The van der Waals surface area contributed by atoms with E-state index in [1.54, 1.807) is 0 Å². The molecule has 16 heavy (non-hydrogen) atoms. The Kier molecular flexibility index (Phi) is 2.78. The van der Waals surface area contributed by atoms with Crippen LogP contribution in [0.15, 0.2) is 0 Å². The molecule has 0 aromatic heterocycles. The van der Waals surface area contributed by atoms with Gasteiger partial charge in [-0.1, -0.05) is 19.3 Å². The Balaban J connectivity index is 1.46. The molecular weight excluding hydrogens is 222 g/mol. The van der Waals surface area contributed by atoms with Crippen LogP contribution in [0, 0.1) is 17.8 Å². The van der Waals surface area contributed by atoms with E-state index in [1.165, 1.54) is 19.3 Å².